The van der Waals surface area contributed by atoms with E-state index in [1.54, 1.807) is 33.1 Å². The Hall–Kier alpha value is -3.46. The molecular weight excluding hydrogens is 536 g/mol. The lowest BCUT2D eigenvalue weighted by Gasteiger charge is -2.18. The molecule has 4 aromatic rings. The maximum Gasteiger partial charge on any atom is 0.297 e. The molecule has 0 aliphatic carbocycles. The third-order valence-corrected chi connectivity index (χ3v) is 5.56. The first-order valence-corrected chi connectivity index (χ1v) is 13.7. The van der Waals surface area contributed by atoms with Crippen molar-refractivity contribution in [1.29, 1.82) is 0 Å². The second-order valence-corrected chi connectivity index (χ2v) is 11.0. The van der Waals surface area contributed by atoms with Crippen LogP contribution in [0, 0.1) is 11.6 Å². The molecule has 0 spiro atoms. The van der Waals surface area contributed by atoms with Crippen molar-refractivity contribution in [3.8, 4) is 22.6 Å². The SMILES string of the molecule is COCC[C@H](C)Nc1nc2ccc(-c3[nH]c(C(C)(C)CO)nc3-c3ccc(F)cc3F)nc2o1.CS(=O)(=O)O. The van der Waals surface area contributed by atoms with Gasteiger partial charge < -0.3 is 24.6 Å². The summed E-state index contributed by atoms with van der Waals surface area (Å²) >= 11 is 0. The molecule has 0 saturated heterocycles. The minimum absolute atomic E-state index is 0.0800. The van der Waals surface area contributed by atoms with Crippen LogP contribution in [0.4, 0.5) is 14.8 Å². The van der Waals surface area contributed by atoms with Gasteiger partial charge in [-0.3, -0.25) is 4.55 Å². The van der Waals surface area contributed by atoms with E-state index < -0.39 is 27.2 Å². The number of methoxy groups -OCH3 is 1. The standard InChI is InChI=1S/C24H27F2N5O3.CH4O3S/c1-13(9-10-33-4)27-23-29-18-8-7-17(28-21(18)34-23)20-19(15-6-5-14(25)11-16(15)26)30-22(31-20)24(2,3)12-32;1-5(2,3)4/h5-8,11,13,32H,9-10,12H2,1-4H3,(H,27,29)(H,30,31);1H3,(H,2,3,4)/t13-;/m0./s1. The highest BCUT2D eigenvalue weighted by Gasteiger charge is 2.28. The summed E-state index contributed by atoms with van der Waals surface area (Å²) in [6, 6.07) is 7.18. The number of oxazole rings is 1. The van der Waals surface area contributed by atoms with Gasteiger partial charge in [-0.1, -0.05) is 13.8 Å². The first-order valence-electron chi connectivity index (χ1n) is 11.8. The predicted octanol–water partition coefficient (Wildman–Crippen LogP) is 4.17. The number of aromatic amines is 1. The van der Waals surface area contributed by atoms with Crippen LogP contribution in [0.1, 0.15) is 33.0 Å². The fraction of sp³-hybridized carbons (Fsp3) is 0.400. The molecule has 0 aliphatic heterocycles. The molecule has 4 rings (SSSR count). The Morgan fingerprint density at radius 1 is 1.18 bits per heavy atom. The third-order valence-electron chi connectivity index (χ3n) is 5.56. The lowest BCUT2D eigenvalue weighted by atomic mass is 9.94. The van der Waals surface area contributed by atoms with Gasteiger partial charge in [-0.2, -0.15) is 13.4 Å². The zero-order chi connectivity index (χ0) is 29.0. The summed E-state index contributed by atoms with van der Waals surface area (Å²) in [5, 5.41) is 13.0. The van der Waals surface area contributed by atoms with E-state index in [2.05, 4.69) is 25.3 Å². The normalized spacial score (nSPS) is 12.7. The number of pyridine rings is 1. The highest BCUT2D eigenvalue weighted by atomic mass is 32.2. The molecule has 0 amide bonds. The van der Waals surface area contributed by atoms with Gasteiger partial charge in [0.15, 0.2) is 0 Å². The third kappa shape index (κ3) is 8.02. The zero-order valence-electron chi connectivity index (χ0n) is 22.1. The molecule has 1 atom stereocenters. The predicted molar refractivity (Wildman–Crippen MR) is 142 cm³/mol. The van der Waals surface area contributed by atoms with Crippen LogP contribution < -0.4 is 5.32 Å². The maximum atomic E-state index is 14.7. The number of imidazole rings is 1. The van der Waals surface area contributed by atoms with Gasteiger partial charge in [0.25, 0.3) is 16.1 Å². The van der Waals surface area contributed by atoms with E-state index in [1.807, 2.05) is 6.92 Å². The number of hydrogen-bond acceptors (Lipinski definition) is 9. The molecule has 1 aromatic carbocycles. The van der Waals surface area contributed by atoms with Crippen molar-refractivity contribution >= 4 is 27.4 Å². The number of halogens is 2. The number of aromatic nitrogens is 4. The molecule has 0 unspecified atom stereocenters. The monoisotopic (exact) mass is 567 g/mol. The van der Waals surface area contributed by atoms with Gasteiger partial charge in [-0.05, 0) is 37.6 Å². The number of fused-ring (bicyclic) bond motifs is 1. The molecule has 3 heterocycles. The lowest BCUT2D eigenvalue weighted by Crippen LogP contribution is -2.23. The molecule has 0 saturated carbocycles. The number of hydrogen-bond donors (Lipinski definition) is 4. The highest BCUT2D eigenvalue weighted by Crippen LogP contribution is 2.35. The van der Waals surface area contributed by atoms with Gasteiger partial charge in [-0.25, -0.2) is 18.7 Å². The van der Waals surface area contributed by atoms with Gasteiger partial charge in [0, 0.05) is 36.8 Å². The second-order valence-electron chi connectivity index (χ2n) is 9.57. The molecule has 11 nitrogen and oxygen atoms in total. The van der Waals surface area contributed by atoms with Gasteiger partial charge in [0.2, 0.25) is 5.71 Å². The number of ether oxygens (including phenoxy) is 1. The van der Waals surface area contributed by atoms with Gasteiger partial charge >= 0.3 is 0 Å². The summed E-state index contributed by atoms with van der Waals surface area (Å²) in [7, 11) is -2.02. The molecule has 0 bridgehead atoms. The number of anilines is 1. The fourth-order valence-corrected chi connectivity index (χ4v) is 3.43. The van der Waals surface area contributed by atoms with E-state index in [9.17, 15) is 22.3 Å². The zero-order valence-corrected chi connectivity index (χ0v) is 22.9. The summed E-state index contributed by atoms with van der Waals surface area (Å²) in [6.45, 7) is 6.01. The fourth-order valence-electron chi connectivity index (χ4n) is 3.43. The Kier molecular flexibility index (Phi) is 9.38. The topological polar surface area (TPSA) is 163 Å². The summed E-state index contributed by atoms with van der Waals surface area (Å²) in [5.74, 6) is -0.994. The van der Waals surface area contributed by atoms with E-state index in [0.717, 1.165) is 12.5 Å². The smallest absolute Gasteiger partial charge is 0.297 e. The van der Waals surface area contributed by atoms with Crippen LogP contribution in [0.15, 0.2) is 34.7 Å². The highest BCUT2D eigenvalue weighted by molar-refractivity contribution is 7.85. The Morgan fingerprint density at radius 3 is 2.49 bits per heavy atom. The van der Waals surface area contributed by atoms with Crippen LogP contribution in [0.3, 0.4) is 0 Å². The number of aliphatic hydroxyl groups is 1. The van der Waals surface area contributed by atoms with Crippen LogP contribution in [0.2, 0.25) is 0 Å². The Labute approximate surface area is 224 Å². The van der Waals surface area contributed by atoms with E-state index in [4.69, 9.17) is 13.7 Å². The maximum absolute atomic E-state index is 14.7. The van der Waals surface area contributed by atoms with Gasteiger partial charge in [0.05, 0.1) is 24.3 Å². The van der Waals surface area contributed by atoms with Crippen LogP contribution in [-0.4, -0.2) is 70.6 Å². The molecule has 0 radical (unpaired) electrons. The average Bonchev–Trinajstić information content (AvgIpc) is 3.45. The number of nitrogens with zero attached hydrogens (tertiary/aromatic N) is 3. The van der Waals surface area contributed by atoms with Crippen molar-refractivity contribution in [3.63, 3.8) is 0 Å². The molecule has 0 aliphatic rings. The van der Waals surface area contributed by atoms with Crippen molar-refractivity contribution in [2.45, 2.75) is 38.6 Å². The van der Waals surface area contributed by atoms with Crippen LogP contribution in [0.25, 0.3) is 33.9 Å². The Balaban J connectivity index is 0.000000771. The van der Waals surface area contributed by atoms with E-state index in [1.165, 1.54) is 12.1 Å². The van der Waals surface area contributed by atoms with Crippen molar-refractivity contribution in [2.75, 3.05) is 31.9 Å². The Bertz CT molecular complexity index is 1530. The largest absolute Gasteiger partial charge is 0.404 e. The summed E-state index contributed by atoms with van der Waals surface area (Å²) in [6.07, 6.45) is 1.49. The minimum Gasteiger partial charge on any atom is -0.404 e. The average molecular weight is 568 g/mol. The first-order chi connectivity index (χ1) is 18.2. The molecule has 0 fully saturated rings. The second kappa shape index (κ2) is 12.2. The van der Waals surface area contributed by atoms with Crippen molar-refractivity contribution in [3.05, 3.63) is 47.8 Å². The first kappa shape index (κ1) is 30.1. The quantitative estimate of drug-likeness (QED) is 0.216. The van der Waals surface area contributed by atoms with E-state index >= 15 is 0 Å². The molecule has 3 aromatic heterocycles. The lowest BCUT2D eigenvalue weighted by molar-refractivity contribution is 0.191. The number of aliphatic hydroxyl groups excluding tert-OH is 1. The molecule has 14 heteroatoms. The van der Waals surface area contributed by atoms with Crippen LogP contribution in [-0.2, 0) is 20.3 Å². The van der Waals surface area contributed by atoms with Crippen molar-refractivity contribution < 1.29 is 36.0 Å². The number of H-pyrrole nitrogens is 1. The van der Waals surface area contributed by atoms with Gasteiger partial charge in [-0.15, -0.1) is 0 Å². The number of rotatable bonds is 9. The molecule has 39 heavy (non-hydrogen) atoms. The Morgan fingerprint density at radius 2 is 1.87 bits per heavy atom. The molecule has 4 N–H and O–H groups in total. The number of benzene rings is 1. The molecule has 212 valence electrons. The summed E-state index contributed by atoms with van der Waals surface area (Å²) < 4.78 is 65.0. The minimum atomic E-state index is -3.67. The van der Waals surface area contributed by atoms with Crippen LogP contribution in [0.5, 0.6) is 0 Å². The van der Waals surface area contributed by atoms with Crippen molar-refractivity contribution in [2.24, 2.45) is 0 Å². The van der Waals surface area contributed by atoms with E-state index in [0.29, 0.717) is 47.3 Å². The van der Waals surface area contributed by atoms with Crippen LogP contribution >= 0.6 is 0 Å². The molecular formula is C25H31F2N5O6S. The summed E-state index contributed by atoms with van der Waals surface area (Å²) in [5.41, 5.74) is 1.35. The summed E-state index contributed by atoms with van der Waals surface area (Å²) in [4.78, 5) is 16.7. The van der Waals surface area contributed by atoms with Crippen molar-refractivity contribution in [1.82, 2.24) is 19.9 Å². The number of nitrogens with one attached hydrogen (secondary N) is 2. The van der Waals surface area contributed by atoms with E-state index in [-0.39, 0.29) is 23.9 Å². The van der Waals surface area contributed by atoms with Gasteiger partial charge in [0.1, 0.15) is 28.7 Å².